The summed E-state index contributed by atoms with van der Waals surface area (Å²) in [5, 5.41) is 13.6. The smallest absolute Gasteiger partial charge is 0.393 e. The summed E-state index contributed by atoms with van der Waals surface area (Å²) in [7, 11) is 1.33. The van der Waals surface area contributed by atoms with Gasteiger partial charge >= 0.3 is 12.4 Å². The highest BCUT2D eigenvalue weighted by Gasteiger charge is 2.42. The number of aryl methyl sites for hydroxylation is 1. The number of aromatic nitrogens is 1. The molecule has 228 valence electrons. The van der Waals surface area contributed by atoms with Gasteiger partial charge in [-0.25, -0.2) is 4.39 Å². The molecule has 0 saturated heterocycles. The average molecular weight is 608 g/mol. The Hall–Kier alpha value is -4.19. The Morgan fingerprint density at radius 1 is 0.930 bits per heavy atom. The monoisotopic (exact) mass is 607 g/mol. The number of rotatable bonds is 6. The number of carbonyl (C=O) groups excluding carboxylic acids is 1. The number of dihydropyridines is 1. The quantitative estimate of drug-likeness (QED) is 0.306. The highest BCUT2D eigenvalue weighted by Crippen LogP contribution is 2.42. The van der Waals surface area contributed by atoms with Crippen molar-refractivity contribution in [1.29, 1.82) is 0 Å². The summed E-state index contributed by atoms with van der Waals surface area (Å²) >= 11 is 0. The second-order valence-electron chi connectivity index (χ2n) is 10.8. The summed E-state index contributed by atoms with van der Waals surface area (Å²) in [6.07, 6.45) is -4.07. The van der Waals surface area contributed by atoms with Gasteiger partial charge in [0.1, 0.15) is 11.4 Å². The van der Waals surface area contributed by atoms with Gasteiger partial charge in [-0.1, -0.05) is 6.07 Å². The van der Waals surface area contributed by atoms with Crippen LogP contribution in [0.1, 0.15) is 47.2 Å². The first-order chi connectivity index (χ1) is 19.9. The van der Waals surface area contributed by atoms with E-state index in [0.717, 1.165) is 4.90 Å². The number of hydrogen-bond acceptors (Lipinski definition) is 4. The highest BCUT2D eigenvalue weighted by molar-refractivity contribution is 5.94. The molecule has 0 aliphatic carbocycles. The van der Waals surface area contributed by atoms with E-state index in [0.29, 0.717) is 34.4 Å². The maximum Gasteiger partial charge on any atom is 0.416 e. The number of benzene rings is 2. The standard InChI is InChI=1S/C31H28F7N3O2/c1-18-11-23(32)5-6-24(18)25-15-29(17-42,19-7-9-39-10-8-19)40-16-26(25)41(4)27(43)28(2,3)20-12-21(30(33,34)35)14-22(13-20)31(36,37)38/h5-16,40,42H,17H2,1-4H3. The first kappa shape index (κ1) is 31.7. The van der Waals surface area contributed by atoms with Crippen molar-refractivity contribution < 1.29 is 40.6 Å². The molecule has 1 amide bonds. The molecule has 1 aliphatic heterocycles. The first-order valence-corrected chi connectivity index (χ1v) is 13.0. The summed E-state index contributed by atoms with van der Waals surface area (Å²) in [5.74, 6) is -1.33. The highest BCUT2D eigenvalue weighted by atomic mass is 19.4. The van der Waals surface area contributed by atoms with E-state index in [9.17, 15) is 40.6 Å². The lowest BCUT2D eigenvalue weighted by Gasteiger charge is -2.39. The fourth-order valence-electron chi connectivity index (χ4n) is 5.03. The van der Waals surface area contributed by atoms with Crippen molar-refractivity contribution in [2.75, 3.05) is 13.7 Å². The van der Waals surface area contributed by atoms with Crippen LogP contribution < -0.4 is 5.32 Å². The van der Waals surface area contributed by atoms with Crippen LogP contribution in [-0.2, 0) is 28.1 Å². The van der Waals surface area contributed by atoms with Crippen LogP contribution in [-0.4, -0.2) is 34.6 Å². The summed E-state index contributed by atoms with van der Waals surface area (Å²) in [6, 6.07) is 8.38. The number of pyridine rings is 1. The fourth-order valence-corrected chi connectivity index (χ4v) is 5.03. The molecule has 0 radical (unpaired) electrons. The zero-order valence-electron chi connectivity index (χ0n) is 23.5. The number of nitrogens with one attached hydrogen (secondary N) is 1. The molecular formula is C31H28F7N3O2. The molecule has 0 saturated carbocycles. The van der Waals surface area contributed by atoms with Crippen molar-refractivity contribution in [2.24, 2.45) is 0 Å². The zero-order valence-corrected chi connectivity index (χ0v) is 23.5. The molecule has 2 N–H and O–H groups in total. The van der Waals surface area contributed by atoms with Crippen molar-refractivity contribution in [3.8, 4) is 0 Å². The Labute approximate surface area is 243 Å². The van der Waals surface area contributed by atoms with E-state index in [1.807, 2.05) is 0 Å². The van der Waals surface area contributed by atoms with Crippen LogP contribution in [0.3, 0.4) is 0 Å². The predicted molar refractivity (Wildman–Crippen MR) is 146 cm³/mol. The maximum absolute atomic E-state index is 14.0. The van der Waals surface area contributed by atoms with E-state index < -0.39 is 58.3 Å². The molecule has 0 fully saturated rings. The summed E-state index contributed by atoms with van der Waals surface area (Å²) < 4.78 is 95.6. The number of allylic oxidation sites excluding steroid dienone is 1. The first-order valence-electron chi connectivity index (χ1n) is 13.0. The van der Waals surface area contributed by atoms with Gasteiger partial charge in [-0.15, -0.1) is 0 Å². The molecule has 2 heterocycles. The summed E-state index contributed by atoms with van der Waals surface area (Å²) in [4.78, 5) is 19.1. The zero-order chi connectivity index (χ0) is 32.0. The topological polar surface area (TPSA) is 65.5 Å². The molecule has 2 aromatic carbocycles. The minimum absolute atomic E-state index is 0.00703. The van der Waals surface area contributed by atoms with Gasteiger partial charge < -0.3 is 15.3 Å². The molecule has 4 rings (SSSR count). The number of alkyl halides is 6. The molecule has 12 heteroatoms. The lowest BCUT2D eigenvalue weighted by atomic mass is 9.80. The van der Waals surface area contributed by atoms with Gasteiger partial charge in [-0.05, 0) is 91.6 Å². The Balaban J connectivity index is 1.84. The number of amides is 1. The van der Waals surface area contributed by atoms with Crippen molar-refractivity contribution >= 4 is 11.5 Å². The summed E-state index contributed by atoms with van der Waals surface area (Å²) in [5.41, 5.74) is -4.50. The molecular weight excluding hydrogens is 579 g/mol. The molecule has 1 atom stereocenters. The Kier molecular flexibility index (Phi) is 8.22. The normalized spacial score (nSPS) is 17.6. The van der Waals surface area contributed by atoms with Crippen molar-refractivity contribution in [1.82, 2.24) is 15.2 Å². The van der Waals surface area contributed by atoms with Gasteiger partial charge in [-0.2, -0.15) is 26.3 Å². The van der Waals surface area contributed by atoms with Gasteiger partial charge in [-0.3, -0.25) is 9.78 Å². The molecule has 0 spiro atoms. The van der Waals surface area contributed by atoms with Crippen LogP contribution in [0.15, 0.2) is 78.9 Å². The summed E-state index contributed by atoms with van der Waals surface area (Å²) in [6.45, 7) is 3.66. The Morgan fingerprint density at radius 3 is 2.00 bits per heavy atom. The van der Waals surface area contributed by atoms with Gasteiger partial charge in [0.2, 0.25) is 5.91 Å². The Bertz CT molecular complexity index is 1560. The third-order valence-corrected chi connectivity index (χ3v) is 7.57. The van der Waals surface area contributed by atoms with Gasteiger partial charge in [0.25, 0.3) is 0 Å². The minimum atomic E-state index is -5.09. The van der Waals surface area contributed by atoms with Gasteiger partial charge in [0.15, 0.2) is 0 Å². The number of aliphatic hydroxyl groups excluding tert-OH is 1. The molecule has 5 nitrogen and oxygen atoms in total. The molecule has 3 aromatic rings. The Morgan fingerprint density at radius 2 is 1.49 bits per heavy atom. The van der Waals surface area contributed by atoms with Crippen molar-refractivity contribution in [2.45, 2.75) is 44.1 Å². The van der Waals surface area contributed by atoms with Crippen LogP contribution in [0.25, 0.3) is 5.57 Å². The number of nitrogens with zero attached hydrogens (tertiary/aromatic N) is 2. The average Bonchev–Trinajstić information content (AvgIpc) is 2.95. The second-order valence-corrected chi connectivity index (χ2v) is 10.8. The predicted octanol–water partition coefficient (Wildman–Crippen LogP) is 6.72. The van der Waals surface area contributed by atoms with Crippen LogP contribution >= 0.6 is 0 Å². The molecule has 1 unspecified atom stereocenters. The van der Waals surface area contributed by atoms with E-state index in [2.05, 4.69) is 10.3 Å². The third kappa shape index (κ3) is 6.15. The lowest BCUT2D eigenvalue weighted by molar-refractivity contribution is -0.143. The molecule has 1 aromatic heterocycles. The van der Waals surface area contributed by atoms with E-state index in [1.54, 1.807) is 25.1 Å². The van der Waals surface area contributed by atoms with Gasteiger partial charge in [0, 0.05) is 31.2 Å². The van der Waals surface area contributed by atoms with Gasteiger partial charge in [0.05, 0.1) is 28.8 Å². The van der Waals surface area contributed by atoms with Crippen molar-refractivity contribution in [3.63, 3.8) is 0 Å². The van der Waals surface area contributed by atoms with E-state index in [4.69, 9.17) is 0 Å². The maximum atomic E-state index is 14.0. The molecule has 1 aliphatic rings. The van der Waals surface area contributed by atoms with E-state index >= 15 is 0 Å². The lowest BCUT2D eigenvalue weighted by Crippen LogP contribution is -2.47. The van der Waals surface area contributed by atoms with Crippen LogP contribution in [0, 0.1) is 12.7 Å². The van der Waals surface area contributed by atoms with E-state index in [-0.39, 0.29) is 11.8 Å². The fraction of sp³-hybridized carbons (Fsp3) is 0.290. The molecule has 43 heavy (non-hydrogen) atoms. The number of hydrogen-bond donors (Lipinski definition) is 2. The third-order valence-electron chi connectivity index (χ3n) is 7.57. The largest absolute Gasteiger partial charge is 0.416 e. The number of halogens is 7. The van der Waals surface area contributed by atoms with Crippen molar-refractivity contribution in [3.05, 3.63) is 118 Å². The minimum Gasteiger partial charge on any atom is -0.393 e. The van der Waals surface area contributed by atoms with Crippen LogP contribution in [0.4, 0.5) is 30.7 Å². The second kappa shape index (κ2) is 11.1. The van der Waals surface area contributed by atoms with E-state index in [1.165, 1.54) is 57.7 Å². The number of likely N-dealkylation sites (N-methyl/N-ethyl adjacent to an activating group) is 1. The number of aliphatic hydroxyl groups is 1. The van der Waals surface area contributed by atoms with Crippen LogP contribution in [0.5, 0.6) is 0 Å². The SMILES string of the molecule is Cc1cc(F)ccc1C1=CC(CO)(c2ccncc2)NC=C1N(C)C(=O)C(C)(C)c1cc(C(F)(F)F)cc(C(F)(F)F)c1. The van der Waals surface area contributed by atoms with Crippen LogP contribution in [0.2, 0.25) is 0 Å². The number of carbonyl (C=O) groups is 1. The molecule has 0 bridgehead atoms.